The van der Waals surface area contributed by atoms with Gasteiger partial charge in [0.05, 0.1) is 25.9 Å². The topological polar surface area (TPSA) is 30.5 Å². The van der Waals surface area contributed by atoms with Gasteiger partial charge in [-0.05, 0) is 42.7 Å². The van der Waals surface area contributed by atoms with Crippen LogP contribution in [0.1, 0.15) is 35.6 Å². The highest BCUT2D eigenvalue weighted by atomic mass is 16.5. The molecule has 2 heterocycles. The molecule has 2 aliphatic rings. The Labute approximate surface area is 108 Å². The van der Waals surface area contributed by atoms with E-state index in [-0.39, 0.29) is 6.04 Å². The van der Waals surface area contributed by atoms with E-state index in [1.54, 1.807) is 0 Å². The van der Waals surface area contributed by atoms with Crippen molar-refractivity contribution in [3.8, 4) is 0 Å². The molecule has 96 valence electrons. The zero-order chi connectivity index (χ0) is 12.4. The van der Waals surface area contributed by atoms with E-state index in [1.807, 2.05) is 7.05 Å². The fourth-order valence-corrected chi connectivity index (χ4v) is 2.62. The molecule has 0 fully saturated rings. The zero-order valence-electron chi connectivity index (χ0n) is 10.7. The quantitative estimate of drug-likeness (QED) is 0.888. The number of ether oxygens (including phenoxy) is 2. The normalized spacial score (nSPS) is 19.9. The standard InChI is InChI=1S/C15H19NO2/c1-16-15(14-4-2-3-7-18-14)11-5-6-12-9-17-10-13(12)8-11/h4-6,8,15-16H,2-3,7,9-10H2,1H3. The summed E-state index contributed by atoms with van der Waals surface area (Å²) in [5.41, 5.74) is 3.88. The molecule has 0 aromatic heterocycles. The van der Waals surface area contributed by atoms with Crippen LogP contribution in [0.25, 0.3) is 0 Å². The summed E-state index contributed by atoms with van der Waals surface area (Å²) in [4.78, 5) is 0. The largest absolute Gasteiger partial charge is 0.496 e. The van der Waals surface area contributed by atoms with Crippen molar-refractivity contribution in [2.45, 2.75) is 32.1 Å². The summed E-state index contributed by atoms with van der Waals surface area (Å²) in [6.45, 7) is 2.32. The van der Waals surface area contributed by atoms with Crippen molar-refractivity contribution >= 4 is 0 Å². The van der Waals surface area contributed by atoms with E-state index in [1.165, 1.54) is 16.7 Å². The van der Waals surface area contributed by atoms with Gasteiger partial charge in [-0.25, -0.2) is 0 Å². The van der Waals surface area contributed by atoms with Crippen LogP contribution >= 0.6 is 0 Å². The van der Waals surface area contributed by atoms with Gasteiger partial charge in [-0.3, -0.25) is 0 Å². The summed E-state index contributed by atoms with van der Waals surface area (Å²) in [6, 6.07) is 6.75. The van der Waals surface area contributed by atoms with Gasteiger partial charge >= 0.3 is 0 Å². The fourth-order valence-electron chi connectivity index (χ4n) is 2.62. The first-order chi connectivity index (χ1) is 8.88. The monoisotopic (exact) mass is 245 g/mol. The lowest BCUT2D eigenvalue weighted by Crippen LogP contribution is -2.22. The van der Waals surface area contributed by atoms with Gasteiger partial charge in [-0.2, -0.15) is 0 Å². The molecule has 3 rings (SSSR count). The van der Waals surface area contributed by atoms with E-state index in [2.05, 4.69) is 29.6 Å². The molecular formula is C15H19NO2. The first-order valence-electron chi connectivity index (χ1n) is 6.58. The Hall–Kier alpha value is -1.32. The number of fused-ring (bicyclic) bond motifs is 1. The van der Waals surface area contributed by atoms with Crippen molar-refractivity contribution in [1.29, 1.82) is 0 Å². The maximum absolute atomic E-state index is 5.77. The first-order valence-corrected chi connectivity index (χ1v) is 6.58. The van der Waals surface area contributed by atoms with Crippen LogP contribution in [0, 0.1) is 0 Å². The fraction of sp³-hybridized carbons (Fsp3) is 0.467. The molecule has 0 saturated heterocycles. The molecule has 2 aliphatic heterocycles. The lowest BCUT2D eigenvalue weighted by molar-refractivity contribution is 0.134. The maximum Gasteiger partial charge on any atom is 0.113 e. The molecule has 0 amide bonds. The Balaban J connectivity index is 1.89. The van der Waals surface area contributed by atoms with Crippen LogP contribution in [0.3, 0.4) is 0 Å². The highest BCUT2D eigenvalue weighted by molar-refractivity contribution is 5.37. The van der Waals surface area contributed by atoms with Crippen molar-refractivity contribution < 1.29 is 9.47 Å². The molecule has 18 heavy (non-hydrogen) atoms. The van der Waals surface area contributed by atoms with Crippen LogP contribution in [0.15, 0.2) is 30.0 Å². The van der Waals surface area contributed by atoms with Gasteiger partial charge in [-0.1, -0.05) is 18.2 Å². The molecule has 0 bridgehead atoms. The van der Waals surface area contributed by atoms with Crippen LogP contribution < -0.4 is 5.32 Å². The van der Waals surface area contributed by atoms with Gasteiger partial charge in [0.1, 0.15) is 5.76 Å². The van der Waals surface area contributed by atoms with Gasteiger partial charge in [0.2, 0.25) is 0 Å². The number of rotatable bonds is 3. The third-order valence-electron chi connectivity index (χ3n) is 3.61. The lowest BCUT2D eigenvalue weighted by atomic mass is 9.98. The van der Waals surface area contributed by atoms with Gasteiger partial charge in [0.15, 0.2) is 0 Å². The average Bonchev–Trinajstić information content (AvgIpc) is 2.88. The van der Waals surface area contributed by atoms with E-state index in [0.717, 1.165) is 38.4 Å². The molecular weight excluding hydrogens is 226 g/mol. The summed E-state index contributed by atoms with van der Waals surface area (Å²) in [5, 5.41) is 3.35. The third kappa shape index (κ3) is 2.16. The Morgan fingerprint density at radius 2 is 2.11 bits per heavy atom. The number of nitrogens with one attached hydrogen (secondary N) is 1. The Morgan fingerprint density at radius 3 is 2.89 bits per heavy atom. The molecule has 3 heteroatoms. The van der Waals surface area contributed by atoms with Gasteiger partial charge in [-0.15, -0.1) is 0 Å². The van der Waals surface area contributed by atoms with Crippen LogP contribution in [-0.4, -0.2) is 13.7 Å². The molecule has 1 unspecified atom stereocenters. The smallest absolute Gasteiger partial charge is 0.113 e. The number of hydrogen-bond donors (Lipinski definition) is 1. The number of allylic oxidation sites excluding steroid dienone is 1. The van der Waals surface area contributed by atoms with Gasteiger partial charge < -0.3 is 14.8 Å². The van der Waals surface area contributed by atoms with E-state index < -0.39 is 0 Å². The van der Waals surface area contributed by atoms with Crippen molar-refractivity contribution in [3.05, 3.63) is 46.7 Å². The second kappa shape index (κ2) is 5.12. The molecule has 1 aromatic rings. The van der Waals surface area contributed by atoms with E-state index in [4.69, 9.17) is 9.47 Å². The summed E-state index contributed by atoms with van der Waals surface area (Å²) >= 11 is 0. The van der Waals surface area contributed by atoms with Crippen molar-refractivity contribution in [3.63, 3.8) is 0 Å². The minimum absolute atomic E-state index is 0.163. The van der Waals surface area contributed by atoms with E-state index in [9.17, 15) is 0 Å². The molecule has 3 nitrogen and oxygen atoms in total. The Kier molecular flexibility index (Phi) is 3.35. The lowest BCUT2D eigenvalue weighted by Gasteiger charge is -2.24. The second-order valence-corrected chi connectivity index (χ2v) is 4.84. The number of likely N-dealkylation sites (N-methyl/N-ethyl adjacent to an activating group) is 1. The predicted octanol–water partition coefficient (Wildman–Crippen LogP) is 2.67. The van der Waals surface area contributed by atoms with Gasteiger partial charge in [0.25, 0.3) is 0 Å². The van der Waals surface area contributed by atoms with Crippen LogP contribution in [0.5, 0.6) is 0 Å². The molecule has 0 saturated carbocycles. The van der Waals surface area contributed by atoms with Crippen LogP contribution in [0.2, 0.25) is 0 Å². The van der Waals surface area contributed by atoms with Crippen molar-refractivity contribution in [1.82, 2.24) is 5.32 Å². The summed E-state index contributed by atoms with van der Waals surface area (Å²) < 4.78 is 11.2. The average molecular weight is 245 g/mol. The zero-order valence-corrected chi connectivity index (χ0v) is 10.7. The van der Waals surface area contributed by atoms with Crippen molar-refractivity contribution in [2.75, 3.05) is 13.7 Å². The van der Waals surface area contributed by atoms with Crippen LogP contribution in [0.4, 0.5) is 0 Å². The minimum atomic E-state index is 0.163. The summed E-state index contributed by atoms with van der Waals surface area (Å²) in [6.07, 6.45) is 4.44. The Bertz CT molecular complexity index is 468. The number of benzene rings is 1. The molecule has 1 aromatic carbocycles. The first kappa shape index (κ1) is 11.8. The molecule has 0 aliphatic carbocycles. The Morgan fingerprint density at radius 1 is 1.22 bits per heavy atom. The number of hydrogen-bond acceptors (Lipinski definition) is 3. The molecule has 0 spiro atoms. The third-order valence-corrected chi connectivity index (χ3v) is 3.61. The molecule has 1 N–H and O–H groups in total. The highest BCUT2D eigenvalue weighted by Crippen LogP contribution is 2.29. The maximum atomic E-state index is 5.77. The second-order valence-electron chi connectivity index (χ2n) is 4.84. The van der Waals surface area contributed by atoms with Gasteiger partial charge in [0, 0.05) is 0 Å². The molecule has 1 atom stereocenters. The SMILES string of the molecule is CNC(C1=CCCCO1)c1ccc2c(c1)COC2. The minimum Gasteiger partial charge on any atom is -0.496 e. The predicted molar refractivity (Wildman–Crippen MR) is 70.0 cm³/mol. The molecule has 0 radical (unpaired) electrons. The van der Waals surface area contributed by atoms with Crippen LogP contribution in [-0.2, 0) is 22.7 Å². The van der Waals surface area contributed by atoms with E-state index in [0.29, 0.717) is 0 Å². The summed E-state index contributed by atoms with van der Waals surface area (Å²) in [7, 11) is 1.98. The van der Waals surface area contributed by atoms with E-state index >= 15 is 0 Å². The van der Waals surface area contributed by atoms with Crippen molar-refractivity contribution in [2.24, 2.45) is 0 Å². The summed E-state index contributed by atoms with van der Waals surface area (Å²) in [5.74, 6) is 1.06. The highest BCUT2D eigenvalue weighted by Gasteiger charge is 2.20.